The zero-order valence-electron chi connectivity index (χ0n) is 15.8. The summed E-state index contributed by atoms with van der Waals surface area (Å²) < 4.78 is 20.7. The highest BCUT2D eigenvalue weighted by Crippen LogP contribution is 2.16. The third-order valence-electron chi connectivity index (χ3n) is 4.74. The van der Waals surface area contributed by atoms with Crippen molar-refractivity contribution < 1.29 is 9.13 Å². The van der Waals surface area contributed by atoms with E-state index in [4.69, 9.17) is 16.3 Å². The van der Waals surface area contributed by atoms with Crippen LogP contribution in [0.2, 0.25) is 5.02 Å². The van der Waals surface area contributed by atoms with Gasteiger partial charge in [-0.2, -0.15) is 0 Å². The summed E-state index contributed by atoms with van der Waals surface area (Å²) >= 11 is 5.79. The van der Waals surface area contributed by atoms with Gasteiger partial charge in [-0.3, -0.25) is 4.79 Å². The Balaban J connectivity index is 1.57. The first-order chi connectivity index (χ1) is 13.5. The van der Waals surface area contributed by atoms with Gasteiger partial charge < -0.3 is 9.30 Å². The molecule has 0 N–H and O–H groups in total. The molecule has 5 heteroatoms. The van der Waals surface area contributed by atoms with E-state index in [1.807, 2.05) is 24.4 Å². The SMILES string of the molecule is COc1ccc(CCCCc2ccc(=O)n(Cc3ccc(Cl)cc3F)c2)cc1. The lowest BCUT2D eigenvalue weighted by Crippen LogP contribution is -2.20. The fourth-order valence-electron chi connectivity index (χ4n) is 3.14. The maximum Gasteiger partial charge on any atom is 0.250 e. The number of halogens is 2. The number of hydrogen-bond donors (Lipinski definition) is 0. The topological polar surface area (TPSA) is 31.2 Å². The van der Waals surface area contributed by atoms with Gasteiger partial charge in [-0.25, -0.2) is 4.39 Å². The zero-order valence-corrected chi connectivity index (χ0v) is 16.6. The van der Waals surface area contributed by atoms with E-state index in [1.54, 1.807) is 29.9 Å². The van der Waals surface area contributed by atoms with Gasteiger partial charge in [-0.15, -0.1) is 0 Å². The number of nitrogens with zero attached hydrogens (tertiary/aromatic N) is 1. The van der Waals surface area contributed by atoms with Gasteiger partial charge in [0.1, 0.15) is 11.6 Å². The Labute approximate surface area is 169 Å². The van der Waals surface area contributed by atoms with Crippen LogP contribution in [0.5, 0.6) is 5.75 Å². The number of pyridine rings is 1. The number of methoxy groups -OCH3 is 1. The number of aromatic nitrogens is 1. The number of hydrogen-bond acceptors (Lipinski definition) is 2. The molecule has 0 atom stereocenters. The van der Waals surface area contributed by atoms with E-state index in [9.17, 15) is 9.18 Å². The molecule has 0 aliphatic heterocycles. The van der Waals surface area contributed by atoms with Crippen molar-refractivity contribution in [2.75, 3.05) is 7.11 Å². The van der Waals surface area contributed by atoms with Crippen LogP contribution in [0.25, 0.3) is 0 Å². The van der Waals surface area contributed by atoms with Crippen molar-refractivity contribution in [2.45, 2.75) is 32.2 Å². The molecular formula is C23H23ClFNO2. The van der Waals surface area contributed by atoms with Crippen LogP contribution in [0.15, 0.2) is 65.6 Å². The minimum Gasteiger partial charge on any atom is -0.497 e. The second kappa shape index (κ2) is 9.56. The van der Waals surface area contributed by atoms with Gasteiger partial charge in [-0.1, -0.05) is 35.9 Å². The summed E-state index contributed by atoms with van der Waals surface area (Å²) in [5.74, 6) is 0.465. The molecule has 28 heavy (non-hydrogen) atoms. The summed E-state index contributed by atoms with van der Waals surface area (Å²) in [6.45, 7) is 0.196. The number of aryl methyl sites for hydroxylation is 2. The first-order valence-corrected chi connectivity index (χ1v) is 9.69. The monoisotopic (exact) mass is 399 g/mol. The normalized spacial score (nSPS) is 10.8. The molecule has 3 nitrogen and oxygen atoms in total. The van der Waals surface area contributed by atoms with Crippen LogP contribution >= 0.6 is 11.6 Å². The first kappa shape index (κ1) is 20.2. The maximum absolute atomic E-state index is 14.0. The predicted octanol–water partition coefficient (Wildman–Crippen LogP) is 5.26. The molecule has 0 aliphatic carbocycles. The molecule has 3 aromatic rings. The van der Waals surface area contributed by atoms with Gasteiger partial charge in [0.2, 0.25) is 0 Å². The van der Waals surface area contributed by atoms with Crippen LogP contribution in [0.3, 0.4) is 0 Å². The standard InChI is InChI=1S/C23H23ClFNO2/c1-28-21-11-6-17(7-12-21)4-2-3-5-18-8-13-23(27)26(15-18)16-19-9-10-20(24)14-22(19)25/h6-15H,2-5,16H2,1H3. The second-order valence-electron chi connectivity index (χ2n) is 6.79. The smallest absolute Gasteiger partial charge is 0.250 e. The minimum absolute atomic E-state index is 0.142. The van der Waals surface area contributed by atoms with Crippen LogP contribution in [0, 0.1) is 5.82 Å². The van der Waals surface area contributed by atoms with E-state index >= 15 is 0 Å². The molecule has 0 bridgehead atoms. The second-order valence-corrected chi connectivity index (χ2v) is 7.23. The van der Waals surface area contributed by atoms with Crippen LogP contribution < -0.4 is 10.3 Å². The third kappa shape index (κ3) is 5.46. The van der Waals surface area contributed by atoms with Crippen LogP contribution in [0.1, 0.15) is 29.5 Å². The lowest BCUT2D eigenvalue weighted by atomic mass is 10.0. The average molecular weight is 400 g/mol. The molecule has 146 valence electrons. The van der Waals surface area contributed by atoms with Gasteiger partial charge in [-0.05, 0) is 61.1 Å². The van der Waals surface area contributed by atoms with Crippen molar-refractivity contribution in [1.29, 1.82) is 0 Å². The Bertz CT molecular complexity index is 983. The molecule has 0 saturated carbocycles. The highest BCUT2D eigenvalue weighted by atomic mass is 35.5. The molecule has 0 radical (unpaired) electrons. The number of benzene rings is 2. The van der Waals surface area contributed by atoms with Crippen LogP contribution in [0.4, 0.5) is 4.39 Å². The molecule has 1 aromatic heterocycles. The first-order valence-electron chi connectivity index (χ1n) is 9.31. The van der Waals surface area contributed by atoms with E-state index in [1.165, 1.54) is 11.6 Å². The molecule has 2 aromatic carbocycles. The summed E-state index contributed by atoms with van der Waals surface area (Å²) in [7, 11) is 1.66. The van der Waals surface area contributed by atoms with Gasteiger partial charge in [0.05, 0.1) is 13.7 Å². The molecule has 3 rings (SSSR count). The van der Waals surface area contributed by atoms with Crippen molar-refractivity contribution in [3.63, 3.8) is 0 Å². The van der Waals surface area contributed by atoms with E-state index in [0.717, 1.165) is 37.0 Å². The number of unbranched alkanes of at least 4 members (excludes halogenated alkanes) is 1. The molecule has 0 aliphatic rings. The van der Waals surface area contributed by atoms with E-state index < -0.39 is 5.82 Å². The minimum atomic E-state index is -0.399. The number of rotatable bonds is 8. The van der Waals surface area contributed by atoms with Crippen LogP contribution in [-0.4, -0.2) is 11.7 Å². The Hall–Kier alpha value is -2.59. The van der Waals surface area contributed by atoms with E-state index in [-0.39, 0.29) is 12.1 Å². The summed E-state index contributed by atoms with van der Waals surface area (Å²) in [6, 6.07) is 16.0. The van der Waals surface area contributed by atoms with E-state index in [0.29, 0.717) is 10.6 Å². The Morgan fingerprint density at radius 2 is 1.64 bits per heavy atom. The van der Waals surface area contributed by atoms with E-state index in [2.05, 4.69) is 12.1 Å². The average Bonchev–Trinajstić information content (AvgIpc) is 2.70. The summed E-state index contributed by atoms with van der Waals surface area (Å²) in [6.07, 6.45) is 5.76. The summed E-state index contributed by atoms with van der Waals surface area (Å²) in [5, 5.41) is 0.346. The molecule has 0 fully saturated rings. The van der Waals surface area contributed by atoms with Crippen molar-refractivity contribution in [3.05, 3.63) is 98.7 Å². The molecule has 0 spiro atoms. The Morgan fingerprint density at radius 3 is 2.32 bits per heavy atom. The van der Waals surface area contributed by atoms with Gasteiger partial charge >= 0.3 is 0 Å². The van der Waals surface area contributed by atoms with Crippen molar-refractivity contribution in [3.8, 4) is 5.75 Å². The molecule has 0 amide bonds. The zero-order chi connectivity index (χ0) is 19.9. The van der Waals surface area contributed by atoms with Crippen molar-refractivity contribution in [2.24, 2.45) is 0 Å². The fourth-order valence-corrected chi connectivity index (χ4v) is 3.29. The third-order valence-corrected chi connectivity index (χ3v) is 4.98. The van der Waals surface area contributed by atoms with Crippen LogP contribution in [-0.2, 0) is 19.4 Å². The van der Waals surface area contributed by atoms with Crippen molar-refractivity contribution in [1.82, 2.24) is 4.57 Å². The number of ether oxygens (including phenoxy) is 1. The molecule has 1 heterocycles. The van der Waals surface area contributed by atoms with Gasteiger partial charge in [0, 0.05) is 22.8 Å². The summed E-state index contributed by atoms with van der Waals surface area (Å²) in [5.41, 5.74) is 2.66. The van der Waals surface area contributed by atoms with Gasteiger partial charge in [0.15, 0.2) is 0 Å². The molecular weight excluding hydrogens is 377 g/mol. The van der Waals surface area contributed by atoms with Gasteiger partial charge in [0.25, 0.3) is 5.56 Å². The lowest BCUT2D eigenvalue weighted by molar-refractivity contribution is 0.414. The predicted molar refractivity (Wildman–Crippen MR) is 111 cm³/mol. The maximum atomic E-state index is 14.0. The molecule has 0 unspecified atom stereocenters. The summed E-state index contributed by atoms with van der Waals surface area (Å²) in [4.78, 5) is 12.1. The lowest BCUT2D eigenvalue weighted by Gasteiger charge is -2.10. The molecule has 0 saturated heterocycles. The highest BCUT2D eigenvalue weighted by molar-refractivity contribution is 6.30. The largest absolute Gasteiger partial charge is 0.497 e. The fraction of sp³-hybridized carbons (Fsp3) is 0.261. The Kier molecular flexibility index (Phi) is 6.88. The highest BCUT2D eigenvalue weighted by Gasteiger charge is 2.06. The Morgan fingerprint density at radius 1 is 0.964 bits per heavy atom. The van der Waals surface area contributed by atoms with Crippen molar-refractivity contribution >= 4 is 11.6 Å². The quantitative estimate of drug-likeness (QED) is 0.483.